The van der Waals surface area contributed by atoms with Gasteiger partial charge in [-0.1, -0.05) is 11.6 Å². The summed E-state index contributed by atoms with van der Waals surface area (Å²) in [5, 5.41) is 10.7. The Kier molecular flexibility index (Phi) is 5.52. The molecule has 0 radical (unpaired) electrons. The van der Waals surface area contributed by atoms with Crippen LogP contribution in [0.3, 0.4) is 0 Å². The van der Waals surface area contributed by atoms with E-state index in [9.17, 15) is 22.0 Å². The highest BCUT2D eigenvalue weighted by atomic mass is 35.5. The summed E-state index contributed by atoms with van der Waals surface area (Å²) < 4.78 is 50.3. The number of halogens is 1. The minimum absolute atomic E-state index is 0.151. The van der Waals surface area contributed by atoms with Gasteiger partial charge in [-0.05, 0) is 54.3 Å². The minimum Gasteiger partial charge on any atom is -0.755 e. The first-order valence-electron chi connectivity index (χ1n) is 7.66. The molecular formula is C17H13ClNO6S3-. The van der Waals surface area contributed by atoms with E-state index in [1.54, 1.807) is 25.1 Å². The molecule has 0 bridgehead atoms. The fourth-order valence-corrected chi connectivity index (χ4v) is 5.85. The number of anilines is 2. The van der Waals surface area contributed by atoms with Gasteiger partial charge in [0.2, 0.25) is 0 Å². The smallest absolute Gasteiger partial charge is 0.335 e. The summed E-state index contributed by atoms with van der Waals surface area (Å²) in [5.74, 6) is -1.32. The van der Waals surface area contributed by atoms with Gasteiger partial charge in [-0.3, -0.25) is 8.51 Å². The molecule has 28 heavy (non-hydrogen) atoms. The summed E-state index contributed by atoms with van der Waals surface area (Å²) in [6, 6.07) is 8.40. The first-order valence-corrected chi connectivity index (χ1v) is 11.8. The number of sulfone groups is 1. The molecule has 1 unspecified atom stereocenters. The Morgan fingerprint density at radius 3 is 2.50 bits per heavy atom. The lowest BCUT2D eigenvalue weighted by molar-refractivity contribution is 0.0696. The minimum atomic E-state index is -3.92. The molecule has 2 aromatic carbocycles. The number of thiophene rings is 1. The molecule has 0 spiro atoms. The van der Waals surface area contributed by atoms with Gasteiger partial charge in [-0.25, -0.2) is 13.2 Å². The average Bonchev–Trinajstić information content (AvgIpc) is 2.90. The predicted molar refractivity (Wildman–Crippen MR) is 109 cm³/mol. The van der Waals surface area contributed by atoms with Crippen LogP contribution in [0.25, 0.3) is 10.1 Å². The highest BCUT2D eigenvalue weighted by Gasteiger charge is 2.25. The lowest BCUT2D eigenvalue weighted by atomic mass is 10.2. The van der Waals surface area contributed by atoms with Crippen molar-refractivity contribution in [3.05, 3.63) is 52.5 Å². The molecule has 0 aliphatic heterocycles. The zero-order chi connectivity index (χ0) is 20.8. The maximum Gasteiger partial charge on any atom is 0.335 e. The maximum absolute atomic E-state index is 12.3. The number of aromatic carboxylic acids is 1. The Morgan fingerprint density at radius 1 is 1.25 bits per heavy atom. The van der Waals surface area contributed by atoms with Crippen LogP contribution in [0.2, 0.25) is 5.02 Å². The number of carboxylic acid groups (broad SMARTS) is 1. The molecule has 0 aliphatic carbocycles. The van der Waals surface area contributed by atoms with Crippen molar-refractivity contribution in [3.63, 3.8) is 0 Å². The fraction of sp³-hybridized carbons (Fsp3) is 0.118. The Labute approximate surface area is 172 Å². The van der Waals surface area contributed by atoms with Crippen LogP contribution in [0.5, 0.6) is 0 Å². The van der Waals surface area contributed by atoms with E-state index < -0.39 is 32.0 Å². The van der Waals surface area contributed by atoms with Crippen molar-refractivity contribution in [2.75, 3.05) is 10.6 Å². The number of hydrogen-bond donors (Lipinski definition) is 1. The molecular weight excluding hydrogens is 446 g/mol. The number of benzene rings is 2. The molecule has 1 heterocycles. The summed E-state index contributed by atoms with van der Waals surface area (Å²) in [6.45, 7) is 1.70. The Morgan fingerprint density at radius 2 is 1.93 bits per heavy atom. The van der Waals surface area contributed by atoms with Crippen molar-refractivity contribution in [1.82, 2.24) is 0 Å². The molecule has 7 nitrogen and oxygen atoms in total. The molecule has 148 valence electrons. The van der Waals surface area contributed by atoms with E-state index in [1.807, 2.05) is 0 Å². The summed E-state index contributed by atoms with van der Waals surface area (Å²) in [4.78, 5) is 10.8. The molecule has 0 aliphatic rings. The number of nitrogens with zero attached hydrogens (tertiary/aromatic N) is 1. The third kappa shape index (κ3) is 3.78. The summed E-state index contributed by atoms with van der Waals surface area (Å²) in [6.07, 6.45) is 0.890. The Balaban J connectivity index is 2.32. The van der Waals surface area contributed by atoms with E-state index >= 15 is 0 Å². The molecule has 3 aromatic rings. The standard InChI is InChI=1S/C17H14ClNO6S3/c1-9-12-8-11(18)4-6-14(12)26-16(9)19(27(22)23)13-5-3-10(17(20)21)7-15(13)28(2,24)25/h3-8H,1-2H3,(H,20,21)(H,22,23)/p-1. The summed E-state index contributed by atoms with van der Waals surface area (Å²) >= 11 is 4.32. The topological polar surface area (TPSA) is 115 Å². The fourth-order valence-electron chi connectivity index (χ4n) is 2.74. The molecule has 3 rings (SSSR count). The van der Waals surface area contributed by atoms with Gasteiger partial charge in [0, 0.05) is 16.0 Å². The second-order valence-corrected chi connectivity index (χ2v) is 10.2. The van der Waals surface area contributed by atoms with Crippen molar-refractivity contribution < 1.29 is 27.1 Å². The largest absolute Gasteiger partial charge is 0.755 e. The van der Waals surface area contributed by atoms with Gasteiger partial charge in [0.25, 0.3) is 0 Å². The first kappa shape index (κ1) is 20.7. The van der Waals surface area contributed by atoms with Gasteiger partial charge < -0.3 is 9.66 Å². The molecule has 0 saturated heterocycles. The van der Waals surface area contributed by atoms with E-state index in [0.717, 1.165) is 44.1 Å². The summed E-state index contributed by atoms with van der Waals surface area (Å²) in [7, 11) is -3.92. The molecule has 1 atom stereocenters. The second kappa shape index (κ2) is 7.45. The number of aryl methyl sites for hydroxylation is 1. The van der Waals surface area contributed by atoms with Gasteiger partial charge >= 0.3 is 5.97 Å². The van der Waals surface area contributed by atoms with Crippen molar-refractivity contribution in [2.45, 2.75) is 11.8 Å². The van der Waals surface area contributed by atoms with Gasteiger partial charge in [0.1, 0.15) is 5.00 Å². The van der Waals surface area contributed by atoms with Crippen LogP contribution in [0.15, 0.2) is 41.3 Å². The van der Waals surface area contributed by atoms with E-state index in [0.29, 0.717) is 15.6 Å². The Hall–Kier alpha value is -1.98. The highest BCUT2D eigenvalue weighted by molar-refractivity contribution is 7.91. The zero-order valence-electron chi connectivity index (χ0n) is 14.5. The SMILES string of the molecule is Cc1c(N(c2ccc(C(=O)O)cc2S(C)(=O)=O)S(=O)[O-])sc2ccc(Cl)cc12. The summed E-state index contributed by atoms with van der Waals surface area (Å²) in [5.41, 5.74) is 0.190. The van der Waals surface area contributed by atoms with Crippen molar-refractivity contribution in [2.24, 2.45) is 0 Å². The number of hydrogen-bond acceptors (Lipinski definition) is 6. The van der Waals surface area contributed by atoms with Crippen molar-refractivity contribution in [1.29, 1.82) is 0 Å². The molecule has 0 amide bonds. The Bertz CT molecular complexity index is 1240. The normalized spacial score (nSPS) is 12.9. The number of carboxylic acids is 1. The van der Waals surface area contributed by atoms with Crippen LogP contribution < -0.4 is 4.31 Å². The van der Waals surface area contributed by atoms with Gasteiger partial charge in [-0.15, -0.1) is 11.3 Å². The quantitative estimate of drug-likeness (QED) is 0.580. The molecule has 1 aromatic heterocycles. The van der Waals surface area contributed by atoms with Crippen molar-refractivity contribution in [3.8, 4) is 0 Å². The van der Waals surface area contributed by atoms with E-state index in [-0.39, 0.29) is 11.3 Å². The van der Waals surface area contributed by atoms with Gasteiger partial charge in [0.15, 0.2) is 9.84 Å². The van der Waals surface area contributed by atoms with Crippen LogP contribution in [0.1, 0.15) is 15.9 Å². The van der Waals surface area contributed by atoms with Crippen LogP contribution >= 0.6 is 22.9 Å². The average molecular weight is 459 g/mol. The van der Waals surface area contributed by atoms with E-state index in [1.165, 1.54) is 6.07 Å². The lowest BCUT2D eigenvalue weighted by Gasteiger charge is -2.27. The third-order valence-electron chi connectivity index (χ3n) is 4.03. The lowest BCUT2D eigenvalue weighted by Crippen LogP contribution is -2.22. The number of rotatable bonds is 5. The third-order valence-corrected chi connectivity index (χ3v) is 7.44. The second-order valence-electron chi connectivity index (χ2n) is 5.94. The molecule has 11 heteroatoms. The molecule has 1 N–H and O–H groups in total. The highest BCUT2D eigenvalue weighted by Crippen LogP contribution is 2.43. The van der Waals surface area contributed by atoms with Crippen molar-refractivity contribution >= 4 is 70.8 Å². The van der Waals surface area contributed by atoms with Crippen LogP contribution in [-0.2, 0) is 21.1 Å². The van der Waals surface area contributed by atoms with Crippen LogP contribution in [0.4, 0.5) is 10.7 Å². The maximum atomic E-state index is 12.3. The van der Waals surface area contributed by atoms with Gasteiger partial charge in [0.05, 0.1) is 27.4 Å². The first-order chi connectivity index (χ1) is 13.0. The number of carbonyl (C=O) groups is 1. The van der Waals surface area contributed by atoms with Crippen LogP contribution in [-0.4, -0.2) is 34.5 Å². The van der Waals surface area contributed by atoms with Crippen LogP contribution in [0, 0.1) is 6.92 Å². The monoisotopic (exact) mass is 458 g/mol. The van der Waals surface area contributed by atoms with Gasteiger partial charge in [-0.2, -0.15) is 0 Å². The van der Waals surface area contributed by atoms with E-state index in [2.05, 4.69) is 0 Å². The zero-order valence-corrected chi connectivity index (χ0v) is 17.7. The van der Waals surface area contributed by atoms with E-state index in [4.69, 9.17) is 16.7 Å². The predicted octanol–water partition coefficient (Wildman–Crippen LogP) is 3.90. The number of fused-ring (bicyclic) bond motifs is 1. The molecule has 0 saturated carbocycles. The molecule has 0 fully saturated rings.